The van der Waals surface area contributed by atoms with Crippen molar-refractivity contribution in [1.82, 2.24) is 0 Å². The Labute approximate surface area is 117 Å². The van der Waals surface area contributed by atoms with Crippen molar-refractivity contribution >= 4 is 22.6 Å². The van der Waals surface area contributed by atoms with Gasteiger partial charge in [-0.25, -0.2) is 0 Å². The molecule has 1 saturated heterocycles. The third-order valence-corrected chi connectivity index (χ3v) is 4.70. The maximum Gasteiger partial charge on any atom is 0.130 e. The summed E-state index contributed by atoms with van der Waals surface area (Å²) in [6.07, 6.45) is 0.973. The van der Waals surface area contributed by atoms with Crippen molar-refractivity contribution in [3.63, 3.8) is 0 Å². The molecule has 0 aromatic heterocycles. The lowest BCUT2D eigenvalue weighted by atomic mass is 9.70. The highest BCUT2D eigenvalue weighted by molar-refractivity contribution is 8.14. The van der Waals surface area contributed by atoms with Gasteiger partial charge in [0.2, 0.25) is 0 Å². The van der Waals surface area contributed by atoms with Crippen LogP contribution in [-0.4, -0.2) is 16.6 Å². The van der Waals surface area contributed by atoms with E-state index in [0.717, 1.165) is 11.3 Å². The quantitative estimate of drug-likeness (QED) is 0.913. The fourth-order valence-corrected chi connectivity index (χ4v) is 3.80. The Kier molecular flexibility index (Phi) is 4.06. The van der Waals surface area contributed by atoms with Crippen LogP contribution in [0.15, 0.2) is 30.3 Å². The number of hydrogen-bond acceptors (Lipinski definition) is 4. The largest absolute Gasteiger partial charge is 0.300 e. The van der Waals surface area contributed by atoms with Crippen LogP contribution in [0.2, 0.25) is 0 Å². The van der Waals surface area contributed by atoms with Crippen molar-refractivity contribution in [3.05, 3.63) is 35.9 Å². The molecule has 1 aliphatic rings. The maximum absolute atomic E-state index is 11.6. The van der Waals surface area contributed by atoms with Gasteiger partial charge in [-0.3, -0.25) is 5.41 Å². The topological polar surface area (TPSA) is 64.7 Å². The minimum atomic E-state index is -0.822. The number of Topliss-reactive ketones (excluding diaryl/α,β-unsaturated/α-hetero) is 1. The molecule has 1 aromatic rings. The van der Waals surface area contributed by atoms with Crippen LogP contribution in [-0.2, 0) is 4.79 Å². The molecular weight excluding hydrogens is 256 g/mol. The second-order valence-corrected chi connectivity index (χ2v) is 5.99. The molecule has 3 nitrogen and oxygen atoms in total. The highest BCUT2D eigenvalue weighted by Crippen LogP contribution is 2.49. The summed E-state index contributed by atoms with van der Waals surface area (Å²) >= 11 is 1.43. The zero-order chi connectivity index (χ0) is 13.9. The average molecular weight is 272 g/mol. The highest BCUT2D eigenvalue weighted by Gasteiger charge is 2.47. The van der Waals surface area contributed by atoms with Crippen molar-refractivity contribution in [2.24, 2.45) is 5.41 Å². The first-order valence-corrected chi connectivity index (χ1v) is 7.26. The predicted molar refractivity (Wildman–Crippen MR) is 77.3 cm³/mol. The molecule has 4 heteroatoms. The molecule has 2 unspecified atom stereocenters. The van der Waals surface area contributed by atoms with Gasteiger partial charge in [0.15, 0.2) is 0 Å². The number of thioether (sulfide) groups is 1. The molecule has 1 aromatic carbocycles. The summed E-state index contributed by atoms with van der Waals surface area (Å²) in [5.41, 5.74) is 0.157. The minimum Gasteiger partial charge on any atom is -0.300 e. The van der Waals surface area contributed by atoms with Crippen LogP contribution in [0.1, 0.15) is 31.2 Å². The number of nitriles is 1. The molecule has 0 aliphatic carbocycles. The lowest BCUT2D eigenvalue weighted by Gasteiger charge is -2.30. The van der Waals surface area contributed by atoms with Gasteiger partial charge in [-0.2, -0.15) is 5.26 Å². The van der Waals surface area contributed by atoms with E-state index in [1.165, 1.54) is 11.8 Å². The number of rotatable bonds is 4. The molecule has 1 N–H and O–H groups in total. The Morgan fingerprint density at radius 3 is 2.68 bits per heavy atom. The molecule has 19 heavy (non-hydrogen) atoms. The molecule has 2 rings (SSSR count). The molecule has 1 aliphatic heterocycles. The number of nitrogens with one attached hydrogen (secondary N) is 1. The lowest BCUT2D eigenvalue weighted by Crippen LogP contribution is -2.32. The third-order valence-electron chi connectivity index (χ3n) is 3.64. The van der Waals surface area contributed by atoms with Crippen molar-refractivity contribution in [2.75, 3.05) is 5.75 Å². The zero-order valence-electron chi connectivity index (χ0n) is 10.8. The molecule has 0 saturated carbocycles. The predicted octanol–water partition coefficient (Wildman–Crippen LogP) is 3.37. The van der Waals surface area contributed by atoms with Crippen LogP contribution in [0.4, 0.5) is 0 Å². The second kappa shape index (κ2) is 5.58. The van der Waals surface area contributed by atoms with Crippen LogP contribution in [0.5, 0.6) is 0 Å². The van der Waals surface area contributed by atoms with Gasteiger partial charge in [-0.05, 0) is 18.9 Å². The molecule has 98 valence electrons. The lowest BCUT2D eigenvalue weighted by molar-refractivity contribution is -0.117. The molecular formula is C15H16N2OS. The fraction of sp³-hybridized carbons (Fsp3) is 0.400. The first-order chi connectivity index (χ1) is 9.10. The second-order valence-electron chi connectivity index (χ2n) is 4.88. The number of benzene rings is 1. The summed E-state index contributed by atoms with van der Waals surface area (Å²) in [6.45, 7) is 1.55. The smallest absolute Gasteiger partial charge is 0.130 e. The number of nitrogens with zero attached hydrogens (tertiary/aromatic N) is 1. The summed E-state index contributed by atoms with van der Waals surface area (Å²) in [7, 11) is 0. The third kappa shape index (κ3) is 2.57. The van der Waals surface area contributed by atoms with Gasteiger partial charge in [0.05, 0.1) is 11.1 Å². The Balaban J connectivity index is 2.46. The number of carbonyl (C=O) groups is 1. The van der Waals surface area contributed by atoms with E-state index >= 15 is 0 Å². The van der Waals surface area contributed by atoms with E-state index < -0.39 is 5.41 Å². The van der Waals surface area contributed by atoms with Gasteiger partial charge in [0, 0.05) is 18.1 Å². The van der Waals surface area contributed by atoms with Crippen LogP contribution < -0.4 is 0 Å². The van der Waals surface area contributed by atoms with Crippen molar-refractivity contribution < 1.29 is 4.79 Å². The van der Waals surface area contributed by atoms with E-state index in [9.17, 15) is 10.1 Å². The summed E-state index contributed by atoms with van der Waals surface area (Å²) in [4.78, 5) is 11.6. The monoisotopic (exact) mass is 272 g/mol. The van der Waals surface area contributed by atoms with Crippen molar-refractivity contribution in [3.8, 4) is 6.07 Å². The van der Waals surface area contributed by atoms with Gasteiger partial charge in [-0.1, -0.05) is 30.3 Å². The molecule has 2 atom stereocenters. The van der Waals surface area contributed by atoms with E-state index in [1.807, 2.05) is 30.3 Å². The van der Waals surface area contributed by atoms with Gasteiger partial charge in [0.25, 0.3) is 0 Å². The summed E-state index contributed by atoms with van der Waals surface area (Å²) < 4.78 is 0. The van der Waals surface area contributed by atoms with E-state index in [1.54, 1.807) is 6.92 Å². The molecule has 0 amide bonds. The first kappa shape index (κ1) is 13.8. The fourth-order valence-electron chi connectivity index (χ4n) is 2.62. The number of carbonyl (C=O) groups excluding carboxylic acids is 1. The Morgan fingerprint density at radius 2 is 2.21 bits per heavy atom. The summed E-state index contributed by atoms with van der Waals surface area (Å²) in [6, 6.07) is 12.0. The summed E-state index contributed by atoms with van der Waals surface area (Å²) in [5, 5.41) is 18.1. The van der Waals surface area contributed by atoms with Crippen molar-refractivity contribution in [2.45, 2.75) is 25.7 Å². The number of hydrogen-bond donors (Lipinski definition) is 1. The Hall–Kier alpha value is -1.60. The Bertz CT molecular complexity index is 535. The first-order valence-electron chi connectivity index (χ1n) is 6.27. The SMILES string of the molecule is CC(=O)CC(c1ccccc1)C1(C#N)CCSC1=N. The molecule has 0 bridgehead atoms. The molecule has 1 heterocycles. The zero-order valence-corrected chi connectivity index (χ0v) is 11.7. The van der Waals surface area contributed by atoms with Gasteiger partial charge in [0.1, 0.15) is 11.2 Å². The normalized spacial score (nSPS) is 23.9. The van der Waals surface area contributed by atoms with Crippen LogP contribution in [0.3, 0.4) is 0 Å². The molecule has 0 spiro atoms. The van der Waals surface area contributed by atoms with Gasteiger partial charge in [-0.15, -0.1) is 11.8 Å². The minimum absolute atomic E-state index is 0.0631. The molecule has 1 fully saturated rings. The van der Waals surface area contributed by atoms with Gasteiger partial charge >= 0.3 is 0 Å². The van der Waals surface area contributed by atoms with Crippen LogP contribution >= 0.6 is 11.8 Å². The highest BCUT2D eigenvalue weighted by atomic mass is 32.2. The Morgan fingerprint density at radius 1 is 1.53 bits per heavy atom. The van der Waals surface area contributed by atoms with Crippen molar-refractivity contribution in [1.29, 1.82) is 10.7 Å². The summed E-state index contributed by atoms with van der Waals surface area (Å²) in [5.74, 6) is 0.639. The van der Waals surface area contributed by atoms with E-state index in [4.69, 9.17) is 5.41 Å². The van der Waals surface area contributed by atoms with Crippen LogP contribution in [0, 0.1) is 22.2 Å². The standard InChI is InChI=1S/C15H16N2OS/c1-11(18)9-13(12-5-3-2-4-6-12)15(10-16)7-8-19-14(15)17/h2-6,13,17H,7-9H2,1H3. The van der Waals surface area contributed by atoms with Gasteiger partial charge < -0.3 is 4.79 Å². The molecule has 0 radical (unpaired) electrons. The van der Waals surface area contributed by atoms with E-state index in [-0.39, 0.29) is 11.7 Å². The van der Waals surface area contributed by atoms with E-state index in [2.05, 4.69) is 6.07 Å². The maximum atomic E-state index is 11.6. The van der Waals surface area contributed by atoms with E-state index in [0.29, 0.717) is 17.9 Å². The number of ketones is 1. The van der Waals surface area contributed by atoms with Crippen LogP contribution in [0.25, 0.3) is 0 Å². The average Bonchev–Trinajstić information content (AvgIpc) is 2.79.